The zero-order valence-corrected chi connectivity index (χ0v) is 7.77. The maximum atomic E-state index is 7.29. The first-order chi connectivity index (χ1) is 6.27. The van der Waals surface area contributed by atoms with Crippen molar-refractivity contribution in [1.82, 2.24) is 5.31 Å². The number of hydrogen-bond acceptors (Lipinski definition) is 1. The average molecular weight is 169 g/mol. The Labute approximate surface area is 73.6 Å². The van der Waals surface area contributed by atoms with Crippen LogP contribution in [0.4, 0.5) is 0 Å². The van der Waals surface area contributed by atoms with Crippen molar-refractivity contribution in [1.29, 1.82) is 1.28 Å². The Morgan fingerprint density at radius 1 is 1.73 bits per heavy atom. The first-order valence-electron chi connectivity index (χ1n) is 4.62. The molecule has 11 heavy (non-hydrogen) atoms. The Bertz CT molecular complexity index is 280. The van der Waals surface area contributed by atoms with Gasteiger partial charge in [-0.25, -0.2) is 0 Å². The molecule has 1 aliphatic rings. The molecule has 1 aromatic carbocycles. The molecule has 1 aromatic rings. The minimum atomic E-state index is 0.370. The average Bonchev–Trinajstić information content (AvgIpc) is 2.86. The molecule has 1 fully saturated rings. The molecule has 1 saturated heterocycles. The lowest BCUT2D eigenvalue weighted by molar-refractivity contribution is 1.07. The molecule has 1 aliphatic heterocycles. The fourth-order valence-electron chi connectivity index (χ4n) is 1.14. The molecule has 0 radical (unpaired) electrons. The molecule has 60 valence electrons. The van der Waals surface area contributed by atoms with Crippen LogP contribution in [-0.4, -0.2) is 7.82 Å². The van der Waals surface area contributed by atoms with Gasteiger partial charge in [0.15, 0.2) is 0 Å². The van der Waals surface area contributed by atoms with Gasteiger partial charge in [-0.15, -0.1) is 0 Å². The highest BCUT2D eigenvalue weighted by Gasteiger charge is 2.21. The summed E-state index contributed by atoms with van der Waals surface area (Å²) < 4.78 is 13.0. The van der Waals surface area contributed by atoms with Crippen molar-refractivity contribution in [2.75, 3.05) is 6.54 Å². The van der Waals surface area contributed by atoms with E-state index in [0.717, 1.165) is 6.54 Å². The molecule has 0 spiro atoms. The molecule has 3 unspecified atom stereocenters. The van der Waals surface area contributed by atoms with Gasteiger partial charge in [-0.1, -0.05) is 29.8 Å². The summed E-state index contributed by atoms with van der Waals surface area (Å²) in [5, 5.41) is 1.59. The van der Waals surface area contributed by atoms with Crippen molar-refractivity contribution in [3.8, 4) is 0 Å². The van der Waals surface area contributed by atoms with Gasteiger partial charge >= 0.3 is 0 Å². The molecule has 0 amide bonds. The third kappa shape index (κ3) is 2.02. The summed E-state index contributed by atoms with van der Waals surface area (Å²) in [6.07, 6.45) is 0. The summed E-state index contributed by atoms with van der Waals surface area (Å²) in [4.78, 5) is 0. The molecule has 0 aromatic heterocycles. The Balaban J connectivity index is 0.000000396. The first kappa shape index (κ1) is 6.16. The Morgan fingerprint density at radius 2 is 2.45 bits per heavy atom. The van der Waals surface area contributed by atoms with Gasteiger partial charge in [0.2, 0.25) is 0 Å². The number of nitrogens with one attached hydrogen (secondary N) is 1. The number of hydrogen-bond donors (Lipinski definition) is 1. The fraction of sp³-hybridized carbons (Fsp3) is 0.333. The van der Waals surface area contributed by atoms with E-state index < -0.39 is 0 Å². The zero-order valence-electron chi connectivity index (χ0n) is 8.62. The van der Waals surface area contributed by atoms with Gasteiger partial charge in [-0.05, 0) is 12.5 Å². The second-order valence-electron chi connectivity index (χ2n) is 2.80. The lowest BCUT2D eigenvalue weighted by atomic mass is 10.1. The minimum Gasteiger partial charge on any atom is -0.307 e. The van der Waals surface area contributed by atoms with Gasteiger partial charge in [0.25, 0.3) is 0 Å². The van der Waals surface area contributed by atoms with Gasteiger partial charge in [0, 0.05) is 12.6 Å². The van der Waals surface area contributed by atoms with Crippen molar-refractivity contribution in [2.45, 2.75) is 13.0 Å². The summed E-state index contributed by atoms with van der Waals surface area (Å²) in [7, 11) is 1.67. The van der Waals surface area contributed by atoms with Crippen molar-refractivity contribution < 1.29 is 1.41 Å². The smallest absolute Gasteiger partial charge is 0.123 e. The van der Waals surface area contributed by atoms with E-state index in [-0.39, 0.29) is 0 Å². The van der Waals surface area contributed by atoms with Crippen LogP contribution >= 0.6 is 9.84 Å². The SMILES string of the molecule is [2H]N1CC1c1cccc(C)c1.[2H]P. The van der Waals surface area contributed by atoms with E-state index >= 15 is 0 Å². The van der Waals surface area contributed by atoms with E-state index in [4.69, 9.17) is 2.69 Å². The molecular weight excluding hydrogens is 153 g/mol. The van der Waals surface area contributed by atoms with Crippen LogP contribution in [0.25, 0.3) is 0 Å². The van der Waals surface area contributed by atoms with Crippen LogP contribution in [0.5, 0.6) is 0 Å². The molecule has 1 nitrogen and oxygen atoms in total. The third-order valence-corrected chi connectivity index (χ3v) is 1.79. The van der Waals surface area contributed by atoms with E-state index in [1.54, 1.807) is 15.2 Å². The highest BCUT2D eigenvalue weighted by molar-refractivity contribution is 6.92. The van der Waals surface area contributed by atoms with Crippen molar-refractivity contribution >= 4 is 9.84 Å². The van der Waals surface area contributed by atoms with E-state index in [9.17, 15) is 0 Å². The predicted molar refractivity (Wildman–Crippen MR) is 53.0 cm³/mol. The van der Waals surface area contributed by atoms with Crippen LogP contribution in [0, 0.1) is 6.92 Å². The molecule has 3 atom stereocenters. The lowest BCUT2D eigenvalue weighted by Crippen LogP contribution is -1.83. The normalized spacial score (nSPS) is 29.3. The van der Waals surface area contributed by atoms with Crippen LogP contribution in [0.3, 0.4) is 0 Å². The molecule has 2 heteroatoms. The van der Waals surface area contributed by atoms with Gasteiger partial charge in [-0.2, -0.15) is 9.84 Å². The zero-order chi connectivity index (χ0) is 9.84. The standard InChI is InChI=1S/C9H11N.H3P/c1-7-3-2-4-8(5-7)9-6-10-9;/h2-5,9-10H,6H2,1H3;1H3/i;1D/hD. The van der Waals surface area contributed by atoms with Crippen molar-refractivity contribution in [3.05, 3.63) is 35.4 Å². The molecular formula is C9H14NP. The van der Waals surface area contributed by atoms with Crippen LogP contribution in [0.15, 0.2) is 24.3 Å². The van der Waals surface area contributed by atoms with Crippen LogP contribution < -0.4 is 5.31 Å². The maximum absolute atomic E-state index is 7.29. The largest absolute Gasteiger partial charge is 0.307 e. The quantitative estimate of drug-likeness (QED) is 0.501. The summed E-state index contributed by atoms with van der Waals surface area (Å²) in [6.45, 7) is 2.98. The number of aryl methyl sites for hydroxylation is 1. The van der Waals surface area contributed by atoms with Gasteiger partial charge in [-0.3, -0.25) is 0 Å². The summed E-state index contributed by atoms with van der Waals surface area (Å²) in [6, 6.07) is 8.75. The number of rotatable bonds is 1. The first-order valence-corrected chi connectivity index (χ1v) is 3.59. The second-order valence-corrected chi connectivity index (χ2v) is 2.80. The van der Waals surface area contributed by atoms with E-state index in [2.05, 4.69) is 31.2 Å². The molecule has 1 N–H and O–H groups in total. The Kier molecular flexibility index (Phi) is 1.87. The molecule has 2 rings (SSSR count). The Hall–Kier alpha value is -0.390. The van der Waals surface area contributed by atoms with Crippen LogP contribution in [0.1, 0.15) is 17.2 Å². The molecule has 1 heterocycles. The van der Waals surface area contributed by atoms with Crippen LogP contribution in [-0.2, 0) is 0 Å². The third-order valence-electron chi connectivity index (χ3n) is 1.79. The van der Waals surface area contributed by atoms with Crippen molar-refractivity contribution in [3.63, 3.8) is 0 Å². The lowest BCUT2D eigenvalue weighted by Gasteiger charge is -1.96. The van der Waals surface area contributed by atoms with Crippen molar-refractivity contribution in [2.24, 2.45) is 0 Å². The molecule has 0 aliphatic carbocycles. The Morgan fingerprint density at radius 3 is 3.00 bits per heavy atom. The van der Waals surface area contributed by atoms with E-state index in [0.29, 0.717) is 6.04 Å². The molecule has 0 bridgehead atoms. The summed E-state index contributed by atoms with van der Waals surface area (Å²) in [5.74, 6) is 0. The predicted octanol–water partition coefficient (Wildman–Crippen LogP) is 1.70. The highest BCUT2D eigenvalue weighted by atomic mass is 31.0. The fourth-order valence-corrected chi connectivity index (χ4v) is 1.14. The monoisotopic (exact) mass is 169 g/mol. The highest BCUT2D eigenvalue weighted by Crippen LogP contribution is 2.21. The summed E-state index contributed by atoms with van der Waals surface area (Å²) in [5.41, 5.74) is 2.56. The van der Waals surface area contributed by atoms with E-state index in [1.807, 2.05) is 0 Å². The van der Waals surface area contributed by atoms with Crippen LogP contribution in [0.2, 0.25) is 1.41 Å². The summed E-state index contributed by atoms with van der Waals surface area (Å²) >= 11 is 0. The van der Waals surface area contributed by atoms with E-state index in [1.165, 1.54) is 11.1 Å². The minimum absolute atomic E-state index is 0.370. The number of benzene rings is 1. The van der Waals surface area contributed by atoms with Gasteiger partial charge < -0.3 is 5.31 Å². The topological polar surface area (TPSA) is 21.9 Å². The molecule has 0 saturated carbocycles. The maximum Gasteiger partial charge on any atom is 0.123 e. The van der Waals surface area contributed by atoms with Gasteiger partial charge in [0.1, 0.15) is 1.41 Å². The van der Waals surface area contributed by atoms with Gasteiger partial charge in [0.05, 0.1) is 1.28 Å². The second kappa shape index (κ2) is 3.34.